The molecule has 1 fully saturated rings. The summed E-state index contributed by atoms with van der Waals surface area (Å²) in [5.41, 5.74) is 2.67. The molecule has 2 aliphatic rings. The molecule has 196 valence electrons. The van der Waals surface area contributed by atoms with Crippen LogP contribution in [-0.2, 0) is 10.0 Å². The van der Waals surface area contributed by atoms with Crippen LogP contribution < -0.4 is 0 Å². The van der Waals surface area contributed by atoms with Crippen LogP contribution in [0.1, 0.15) is 36.3 Å². The number of hydrogen-bond acceptors (Lipinski definition) is 4. The third-order valence-electron chi connectivity index (χ3n) is 6.70. The quantitative estimate of drug-likeness (QED) is 0.307. The Morgan fingerprint density at radius 1 is 0.868 bits per heavy atom. The van der Waals surface area contributed by atoms with Crippen molar-refractivity contribution in [2.75, 3.05) is 19.6 Å². The van der Waals surface area contributed by atoms with E-state index in [0.29, 0.717) is 29.7 Å². The third kappa shape index (κ3) is 5.77. The van der Waals surface area contributed by atoms with Gasteiger partial charge in [0.1, 0.15) is 0 Å². The highest BCUT2D eigenvalue weighted by molar-refractivity contribution is 7.90. The number of amidine groups is 2. The van der Waals surface area contributed by atoms with E-state index in [-0.39, 0.29) is 22.5 Å². The summed E-state index contributed by atoms with van der Waals surface area (Å²) in [4.78, 5) is 1.89. The van der Waals surface area contributed by atoms with E-state index in [1.54, 1.807) is 17.1 Å². The van der Waals surface area contributed by atoms with Crippen LogP contribution in [-0.4, -0.2) is 55.3 Å². The molecule has 0 amide bonds. The van der Waals surface area contributed by atoms with Gasteiger partial charge in [-0.2, -0.15) is 13.5 Å². The molecule has 0 radical (unpaired) electrons. The highest BCUT2D eigenvalue weighted by atomic mass is 35.5. The molecule has 5 rings (SSSR count). The van der Waals surface area contributed by atoms with Crippen LogP contribution in [0.2, 0.25) is 10.0 Å². The van der Waals surface area contributed by atoms with E-state index >= 15 is 0 Å². The highest BCUT2D eigenvalue weighted by Crippen LogP contribution is 2.30. The number of rotatable bonds is 4. The second-order valence-corrected chi connectivity index (χ2v) is 11.8. The van der Waals surface area contributed by atoms with E-state index in [2.05, 4.69) is 4.40 Å². The van der Waals surface area contributed by atoms with Gasteiger partial charge in [0.2, 0.25) is 5.84 Å². The van der Waals surface area contributed by atoms with Crippen LogP contribution in [0.5, 0.6) is 0 Å². The zero-order valence-corrected chi connectivity index (χ0v) is 22.9. The summed E-state index contributed by atoms with van der Waals surface area (Å²) in [7, 11) is -4.13. The maximum Gasteiger partial charge on any atom is 0.284 e. The van der Waals surface area contributed by atoms with Gasteiger partial charge < -0.3 is 4.90 Å². The molecule has 2 aliphatic heterocycles. The smallest absolute Gasteiger partial charge is 0.284 e. The van der Waals surface area contributed by atoms with Crippen LogP contribution >= 0.6 is 23.2 Å². The lowest BCUT2D eigenvalue weighted by Gasteiger charge is -2.31. The van der Waals surface area contributed by atoms with Gasteiger partial charge in [0, 0.05) is 29.1 Å². The van der Waals surface area contributed by atoms with Crippen molar-refractivity contribution in [2.24, 2.45) is 9.50 Å². The van der Waals surface area contributed by atoms with E-state index in [1.165, 1.54) is 24.3 Å². The number of hydrogen-bond donors (Lipinski definition) is 1. The first-order valence-corrected chi connectivity index (χ1v) is 14.6. The van der Waals surface area contributed by atoms with Crippen molar-refractivity contribution in [2.45, 2.75) is 30.1 Å². The molecule has 1 saturated heterocycles. The van der Waals surface area contributed by atoms with Gasteiger partial charge in [0.25, 0.3) is 10.0 Å². The Morgan fingerprint density at radius 3 is 2.11 bits per heavy atom. The number of likely N-dealkylation sites (tertiary alicyclic amines) is 1. The summed E-state index contributed by atoms with van der Waals surface area (Å²) in [6.45, 7) is 1.68. The summed E-state index contributed by atoms with van der Waals surface area (Å²) < 4.78 is 31.0. The average molecular weight is 569 g/mol. The van der Waals surface area contributed by atoms with Crippen molar-refractivity contribution in [1.29, 1.82) is 5.41 Å². The van der Waals surface area contributed by atoms with E-state index < -0.39 is 10.0 Å². The minimum absolute atomic E-state index is 0.00607. The molecule has 0 saturated carbocycles. The number of piperidine rings is 1. The Balaban J connectivity index is 1.60. The van der Waals surface area contributed by atoms with Crippen molar-refractivity contribution in [3.63, 3.8) is 0 Å². The Hall–Kier alpha value is -3.20. The van der Waals surface area contributed by atoms with Crippen LogP contribution in [0.4, 0.5) is 0 Å². The molecule has 3 aromatic rings. The number of sulfonamides is 1. The zero-order valence-electron chi connectivity index (χ0n) is 20.6. The fraction of sp³-hybridized carbons (Fsp3) is 0.250. The van der Waals surface area contributed by atoms with Gasteiger partial charge in [-0.3, -0.25) is 5.41 Å². The lowest BCUT2D eigenvalue weighted by atomic mass is 9.91. The first-order chi connectivity index (χ1) is 18.3. The molecule has 1 unspecified atom stereocenters. The first-order valence-electron chi connectivity index (χ1n) is 12.4. The second-order valence-electron chi connectivity index (χ2n) is 9.28. The number of nitrogens with one attached hydrogen (secondary N) is 1. The average Bonchev–Trinajstić information content (AvgIpc) is 3.38. The molecular weight excluding hydrogens is 541 g/mol. The van der Waals surface area contributed by atoms with Crippen molar-refractivity contribution in [3.8, 4) is 0 Å². The number of benzene rings is 3. The Labute approximate surface area is 233 Å². The molecule has 0 spiro atoms. The van der Waals surface area contributed by atoms with Crippen molar-refractivity contribution in [3.05, 3.63) is 100 Å². The topological polar surface area (TPSA) is 89.2 Å². The maximum atomic E-state index is 13.4. The van der Waals surface area contributed by atoms with Crippen LogP contribution in [0.15, 0.2) is 93.3 Å². The maximum absolute atomic E-state index is 13.4. The summed E-state index contributed by atoms with van der Waals surface area (Å²) >= 11 is 12.1. The fourth-order valence-corrected chi connectivity index (χ4v) is 5.95. The number of nitrogens with zero attached hydrogens (tertiary/aromatic N) is 4. The summed E-state index contributed by atoms with van der Waals surface area (Å²) in [5.74, 6) is -0.100. The zero-order chi connectivity index (χ0) is 26.7. The molecule has 2 heterocycles. The van der Waals surface area contributed by atoms with E-state index in [1.807, 2.05) is 47.4 Å². The minimum atomic E-state index is -4.13. The molecule has 1 atom stereocenters. The lowest BCUT2D eigenvalue weighted by Crippen LogP contribution is -2.45. The normalized spacial score (nSPS) is 18.4. The van der Waals surface area contributed by atoms with Crippen LogP contribution in [0, 0.1) is 5.41 Å². The van der Waals surface area contributed by atoms with Gasteiger partial charge in [-0.05, 0) is 66.8 Å². The SMILES string of the molecule is N=C(/C(=N\S(=O)(=O)c1ccc(Cl)cc1)N1CC(c2ccccc2)C(c2ccc(Cl)cc2)=N1)N1CCCCC1. The van der Waals surface area contributed by atoms with Crippen molar-refractivity contribution < 1.29 is 8.42 Å². The van der Waals surface area contributed by atoms with Gasteiger partial charge in [-0.25, -0.2) is 5.01 Å². The van der Waals surface area contributed by atoms with Crippen molar-refractivity contribution in [1.82, 2.24) is 9.91 Å². The molecule has 7 nitrogen and oxygen atoms in total. The fourth-order valence-electron chi connectivity index (χ4n) is 4.71. The molecule has 38 heavy (non-hydrogen) atoms. The molecule has 0 aliphatic carbocycles. The molecule has 0 aromatic heterocycles. The van der Waals surface area contributed by atoms with Gasteiger partial charge in [0.05, 0.1) is 17.2 Å². The van der Waals surface area contributed by atoms with Gasteiger partial charge in [-0.1, -0.05) is 65.7 Å². The van der Waals surface area contributed by atoms with E-state index in [4.69, 9.17) is 33.7 Å². The standard InChI is InChI=1S/C28H27Cl2N5O2S/c29-22-11-9-21(10-12-22)26-25(20-7-3-1-4-8-20)19-35(32-26)28(27(31)34-17-5-2-6-18-34)33-38(36,37)24-15-13-23(30)14-16-24/h1,3-4,7-16,25,31H,2,5-6,17-19H2/b31-27?,33-28+. The molecule has 3 aromatic carbocycles. The van der Waals surface area contributed by atoms with Crippen molar-refractivity contribution >= 4 is 50.6 Å². The highest BCUT2D eigenvalue weighted by Gasteiger charge is 2.35. The Morgan fingerprint density at radius 2 is 1.47 bits per heavy atom. The van der Waals surface area contributed by atoms with E-state index in [0.717, 1.165) is 36.1 Å². The Kier molecular flexibility index (Phi) is 7.83. The molecule has 0 bridgehead atoms. The first kappa shape index (κ1) is 26.4. The molecule has 1 N–H and O–H groups in total. The third-order valence-corrected chi connectivity index (χ3v) is 8.49. The minimum Gasteiger partial charge on any atom is -0.354 e. The predicted molar refractivity (Wildman–Crippen MR) is 153 cm³/mol. The Bertz CT molecular complexity index is 1470. The predicted octanol–water partition coefficient (Wildman–Crippen LogP) is 6.05. The summed E-state index contributed by atoms with van der Waals surface area (Å²) in [5, 5.41) is 16.5. The second kappa shape index (κ2) is 11.3. The molecule has 10 heteroatoms. The number of halogens is 2. The van der Waals surface area contributed by atoms with Crippen LogP contribution in [0.3, 0.4) is 0 Å². The lowest BCUT2D eigenvalue weighted by molar-refractivity contribution is 0.340. The molecular formula is C28H27Cl2N5O2S. The van der Waals surface area contributed by atoms with E-state index in [9.17, 15) is 8.42 Å². The van der Waals surface area contributed by atoms with Gasteiger partial charge in [0.15, 0.2) is 5.84 Å². The summed E-state index contributed by atoms with van der Waals surface area (Å²) in [6, 6.07) is 23.2. The largest absolute Gasteiger partial charge is 0.354 e. The number of hydrazone groups is 1. The van der Waals surface area contributed by atoms with Gasteiger partial charge in [-0.15, -0.1) is 4.40 Å². The van der Waals surface area contributed by atoms with Crippen LogP contribution in [0.25, 0.3) is 0 Å². The van der Waals surface area contributed by atoms with Gasteiger partial charge >= 0.3 is 0 Å². The monoisotopic (exact) mass is 567 g/mol. The summed E-state index contributed by atoms with van der Waals surface area (Å²) in [6.07, 6.45) is 2.95.